The van der Waals surface area contributed by atoms with Crippen molar-refractivity contribution in [1.82, 2.24) is 9.21 Å². The molecule has 1 aromatic carbocycles. The van der Waals surface area contributed by atoms with Crippen molar-refractivity contribution in [3.63, 3.8) is 0 Å². The summed E-state index contributed by atoms with van der Waals surface area (Å²) in [6.07, 6.45) is 1.03. The fourth-order valence-corrected chi connectivity index (χ4v) is 4.01. The summed E-state index contributed by atoms with van der Waals surface area (Å²) in [6.45, 7) is 6.48. The highest BCUT2D eigenvalue weighted by molar-refractivity contribution is 7.89. The van der Waals surface area contributed by atoms with Crippen LogP contribution < -0.4 is 5.73 Å². The highest BCUT2D eigenvalue weighted by atomic mass is 32.2. The molecule has 0 saturated carbocycles. The Hall–Kier alpha value is -1.18. The van der Waals surface area contributed by atoms with Crippen LogP contribution in [0, 0.1) is 5.82 Å². The van der Waals surface area contributed by atoms with E-state index >= 15 is 0 Å². The van der Waals surface area contributed by atoms with Crippen molar-refractivity contribution in [1.29, 1.82) is 0 Å². The van der Waals surface area contributed by atoms with Gasteiger partial charge in [0, 0.05) is 37.9 Å². The first-order valence-corrected chi connectivity index (χ1v) is 8.59. The van der Waals surface area contributed by atoms with Crippen LogP contribution >= 0.6 is 0 Å². The third-order valence-electron chi connectivity index (χ3n) is 4.02. The van der Waals surface area contributed by atoms with Crippen LogP contribution in [0.3, 0.4) is 0 Å². The molecule has 1 saturated heterocycles. The van der Waals surface area contributed by atoms with Crippen molar-refractivity contribution in [2.24, 2.45) is 0 Å². The minimum Gasteiger partial charge on any atom is -0.399 e. The van der Waals surface area contributed by atoms with Gasteiger partial charge in [-0.25, -0.2) is 12.8 Å². The minimum atomic E-state index is -3.68. The average Bonchev–Trinajstić information content (AvgIpc) is 2.45. The van der Waals surface area contributed by atoms with Gasteiger partial charge < -0.3 is 5.73 Å². The topological polar surface area (TPSA) is 66.6 Å². The van der Waals surface area contributed by atoms with Crippen molar-refractivity contribution in [2.45, 2.75) is 31.2 Å². The fraction of sp³-hybridized carbons (Fsp3) is 0.571. The van der Waals surface area contributed by atoms with E-state index in [1.807, 2.05) is 0 Å². The van der Waals surface area contributed by atoms with E-state index in [9.17, 15) is 12.8 Å². The van der Waals surface area contributed by atoms with Crippen molar-refractivity contribution < 1.29 is 12.8 Å². The van der Waals surface area contributed by atoms with E-state index in [1.54, 1.807) is 0 Å². The number of nitrogens with two attached hydrogens (primary N) is 1. The van der Waals surface area contributed by atoms with Gasteiger partial charge in [-0.3, -0.25) is 4.90 Å². The lowest BCUT2D eigenvalue weighted by Crippen LogP contribution is -2.51. The molecule has 1 heterocycles. The number of halogens is 1. The molecule has 1 aliphatic heterocycles. The molecule has 1 unspecified atom stereocenters. The van der Waals surface area contributed by atoms with Crippen molar-refractivity contribution in [2.75, 3.05) is 31.9 Å². The van der Waals surface area contributed by atoms with Crippen LogP contribution in [0.25, 0.3) is 0 Å². The molecule has 1 aliphatic rings. The summed E-state index contributed by atoms with van der Waals surface area (Å²) in [5.74, 6) is -0.633. The van der Waals surface area contributed by atoms with Gasteiger partial charge in [-0.1, -0.05) is 6.92 Å². The highest BCUT2D eigenvalue weighted by Gasteiger charge is 2.30. The molecule has 5 nitrogen and oxygen atoms in total. The third-order valence-corrected chi connectivity index (χ3v) is 5.90. The Morgan fingerprint density at radius 2 is 1.86 bits per heavy atom. The number of rotatable bonds is 4. The van der Waals surface area contributed by atoms with Crippen LogP contribution in [-0.2, 0) is 10.0 Å². The summed E-state index contributed by atoms with van der Waals surface area (Å²) in [7, 11) is -3.68. The number of nitrogens with zero attached hydrogens (tertiary/aromatic N) is 2. The number of hydrogen-bond donors (Lipinski definition) is 1. The molecule has 0 radical (unpaired) electrons. The normalized spacial score (nSPS) is 19.6. The number of piperazine rings is 1. The van der Waals surface area contributed by atoms with Crippen LogP contribution in [0.4, 0.5) is 10.1 Å². The first-order chi connectivity index (χ1) is 9.84. The molecule has 118 valence electrons. The van der Waals surface area contributed by atoms with Crippen molar-refractivity contribution in [3.8, 4) is 0 Å². The standard InChI is InChI=1S/C14H22FN3O2S/c1-3-11(2)17-4-6-18(7-5-17)21(19,20)14-9-12(15)8-13(16)10-14/h8-11H,3-7,16H2,1-2H3. The first-order valence-electron chi connectivity index (χ1n) is 7.15. The molecular formula is C14H22FN3O2S. The van der Waals surface area contributed by atoms with Crippen LogP contribution in [0.2, 0.25) is 0 Å². The lowest BCUT2D eigenvalue weighted by molar-refractivity contribution is 0.142. The molecule has 1 aromatic rings. The van der Waals surface area contributed by atoms with Gasteiger partial charge in [0.2, 0.25) is 10.0 Å². The van der Waals surface area contributed by atoms with Crippen LogP contribution in [0.15, 0.2) is 23.1 Å². The molecule has 1 fully saturated rings. The maximum Gasteiger partial charge on any atom is 0.243 e. The molecule has 2 N–H and O–H groups in total. The lowest BCUT2D eigenvalue weighted by atomic mass is 10.2. The van der Waals surface area contributed by atoms with E-state index in [0.29, 0.717) is 32.2 Å². The maximum atomic E-state index is 13.4. The zero-order chi connectivity index (χ0) is 15.6. The Morgan fingerprint density at radius 1 is 1.24 bits per heavy atom. The van der Waals surface area contributed by atoms with Gasteiger partial charge in [-0.2, -0.15) is 4.31 Å². The number of sulfonamides is 1. The summed E-state index contributed by atoms with van der Waals surface area (Å²) in [5.41, 5.74) is 5.65. The largest absolute Gasteiger partial charge is 0.399 e. The Balaban J connectivity index is 2.15. The van der Waals surface area contributed by atoms with E-state index in [4.69, 9.17) is 5.73 Å². The summed E-state index contributed by atoms with van der Waals surface area (Å²) in [6, 6.07) is 3.88. The summed E-state index contributed by atoms with van der Waals surface area (Å²) < 4.78 is 39.8. The molecule has 0 amide bonds. The Bertz CT molecular complexity index is 578. The van der Waals surface area contributed by atoms with Gasteiger partial charge in [-0.15, -0.1) is 0 Å². The zero-order valence-corrected chi connectivity index (χ0v) is 13.2. The summed E-state index contributed by atoms with van der Waals surface area (Å²) in [4.78, 5) is 2.20. The van der Waals surface area contributed by atoms with E-state index < -0.39 is 15.8 Å². The number of hydrogen-bond acceptors (Lipinski definition) is 4. The van der Waals surface area contributed by atoms with E-state index in [1.165, 1.54) is 10.4 Å². The zero-order valence-electron chi connectivity index (χ0n) is 12.4. The van der Waals surface area contributed by atoms with Crippen LogP contribution in [0.1, 0.15) is 20.3 Å². The lowest BCUT2D eigenvalue weighted by Gasteiger charge is -2.37. The van der Waals surface area contributed by atoms with Crippen LogP contribution in [0.5, 0.6) is 0 Å². The molecule has 0 aromatic heterocycles. The number of benzene rings is 1. The second kappa shape index (κ2) is 6.29. The van der Waals surface area contributed by atoms with E-state index in [2.05, 4.69) is 18.7 Å². The molecule has 1 atom stereocenters. The minimum absolute atomic E-state index is 0.0722. The quantitative estimate of drug-likeness (QED) is 0.855. The molecular weight excluding hydrogens is 293 g/mol. The molecule has 0 bridgehead atoms. The number of anilines is 1. The Morgan fingerprint density at radius 3 is 2.38 bits per heavy atom. The number of nitrogen functional groups attached to an aromatic ring is 1. The predicted molar refractivity (Wildman–Crippen MR) is 80.9 cm³/mol. The second-order valence-corrected chi connectivity index (χ2v) is 7.36. The monoisotopic (exact) mass is 315 g/mol. The molecule has 7 heteroatoms. The van der Waals surface area contributed by atoms with Gasteiger partial charge in [0.05, 0.1) is 4.90 Å². The first kappa shape index (κ1) is 16.2. The van der Waals surface area contributed by atoms with Gasteiger partial charge in [-0.05, 0) is 31.5 Å². The molecule has 21 heavy (non-hydrogen) atoms. The van der Waals surface area contributed by atoms with Crippen molar-refractivity contribution >= 4 is 15.7 Å². The second-order valence-electron chi connectivity index (χ2n) is 5.42. The smallest absolute Gasteiger partial charge is 0.243 e. The van der Waals surface area contributed by atoms with Gasteiger partial charge in [0.1, 0.15) is 5.82 Å². The molecule has 2 rings (SSSR count). The third kappa shape index (κ3) is 3.53. The highest BCUT2D eigenvalue weighted by Crippen LogP contribution is 2.22. The molecule has 0 aliphatic carbocycles. The molecule has 0 spiro atoms. The summed E-state index contributed by atoms with van der Waals surface area (Å²) >= 11 is 0. The maximum absolute atomic E-state index is 13.4. The van der Waals surface area contributed by atoms with E-state index in [-0.39, 0.29) is 10.6 Å². The SMILES string of the molecule is CCC(C)N1CCN(S(=O)(=O)c2cc(N)cc(F)c2)CC1. The van der Waals surface area contributed by atoms with Crippen LogP contribution in [-0.4, -0.2) is 49.8 Å². The van der Waals surface area contributed by atoms with Crippen molar-refractivity contribution in [3.05, 3.63) is 24.0 Å². The Labute approximate surface area is 125 Å². The summed E-state index contributed by atoms with van der Waals surface area (Å²) in [5, 5.41) is 0. The van der Waals surface area contributed by atoms with Gasteiger partial charge in [0.25, 0.3) is 0 Å². The predicted octanol–water partition coefficient (Wildman–Crippen LogP) is 1.51. The average molecular weight is 315 g/mol. The van der Waals surface area contributed by atoms with Gasteiger partial charge in [0.15, 0.2) is 0 Å². The van der Waals surface area contributed by atoms with E-state index in [0.717, 1.165) is 18.6 Å². The fourth-order valence-electron chi connectivity index (χ4n) is 2.53. The van der Waals surface area contributed by atoms with Gasteiger partial charge >= 0.3 is 0 Å². The Kier molecular flexibility index (Phi) is 4.85.